The summed E-state index contributed by atoms with van der Waals surface area (Å²) in [6, 6.07) is 5.65. The fraction of sp³-hybridized carbons (Fsp3) is 0.500. The van der Waals surface area contributed by atoms with Crippen molar-refractivity contribution in [2.75, 3.05) is 24.1 Å². The minimum Gasteiger partial charge on any atom is -0.444 e. The van der Waals surface area contributed by atoms with Gasteiger partial charge in [-0.2, -0.15) is 0 Å². The van der Waals surface area contributed by atoms with Gasteiger partial charge in [-0.25, -0.2) is 4.79 Å². The summed E-state index contributed by atoms with van der Waals surface area (Å²) in [5.74, 6) is 0. The van der Waals surface area contributed by atoms with E-state index in [1.54, 1.807) is 0 Å². The number of hydrogen-bond acceptors (Lipinski definition) is 4. The van der Waals surface area contributed by atoms with Crippen molar-refractivity contribution < 1.29 is 9.53 Å². The summed E-state index contributed by atoms with van der Waals surface area (Å²) in [6.07, 6.45) is 0.387. The van der Waals surface area contributed by atoms with Crippen LogP contribution in [0.5, 0.6) is 0 Å². The van der Waals surface area contributed by atoms with Gasteiger partial charge in [0, 0.05) is 17.6 Å². The number of carbonyl (C=O) groups excluding carboxylic acids is 1. The molecular weight excluding hydrogens is 322 g/mol. The molecule has 0 saturated carbocycles. The summed E-state index contributed by atoms with van der Waals surface area (Å²) in [5, 5.41) is 5.95. The van der Waals surface area contributed by atoms with Crippen molar-refractivity contribution in [3.05, 3.63) is 22.7 Å². The molecule has 20 heavy (non-hydrogen) atoms. The molecule has 0 aliphatic rings. The van der Waals surface area contributed by atoms with Crippen LogP contribution in [0.3, 0.4) is 0 Å². The molecule has 1 amide bonds. The van der Waals surface area contributed by atoms with Crippen LogP contribution in [-0.2, 0) is 4.74 Å². The quantitative estimate of drug-likeness (QED) is 0.565. The number of amides is 1. The van der Waals surface area contributed by atoms with E-state index in [1.165, 1.54) is 0 Å². The Balaban J connectivity index is 2.24. The molecule has 5 nitrogen and oxygen atoms in total. The molecule has 1 rings (SSSR count). The van der Waals surface area contributed by atoms with E-state index in [1.807, 2.05) is 39.0 Å². The van der Waals surface area contributed by atoms with E-state index in [9.17, 15) is 4.79 Å². The predicted octanol–water partition coefficient (Wildman–Crippen LogP) is 3.36. The second kappa shape index (κ2) is 7.38. The average molecular weight is 344 g/mol. The minimum atomic E-state index is -0.467. The number of alkyl carbamates (subject to hydrolysis) is 1. The molecule has 0 heterocycles. The number of nitrogen functional groups attached to an aromatic ring is 1. The van der Waals surface area contributed by atoms with Crippen LogP contribution in [0.15, 0.2) is 22.7 Å². The number of hydrogen-bond donors (Lipinski definition) is 3. The zero-order chi connectivity index (χ0) is 15.2. The maximum absolute atomic E-state index is 11.4. The largest absolute Gasteiger partial charge is 0.444 e. The first-order valence-electron chi connectivity index (χ1n) is 6.54. The molecular formula is C14H22BrN3O2. The summed E-state index contributed by atoms with van der Waals surface area (Å²) in [5.41, 5.74) is 6.98. The standard InChI is InChI=1S/C14H22BrN3O2/c1-14(2,3)20-13(19)18-9-5-8-17-12-10(15)6-4-7-11(12)16/h4,6-7,17H,5,8-9,16H2,1-3H3,(H,18,19). The van der Waals surface area contributed by atoms with Gasteiger partial charge in [-0.3, -0.25) is 0 Å². The van der Waals surface area contributed by atoms with E-state index in [2.05, 4.69) is 26.6 Å². The Morgan fingerprint density at radius 1 is 1.35 bits per heavy atom. The van der Waals surface area contributed by atoms with Crippen LogP contribution < -0.4 is 16.4 Å². The van der Waals surface area contributed by atoms with E-state index >= 15 is 0 Å². The summed E-state index contributed by atoms with van der Waals surface area (Å²) in [7, 11) is 0. The van der Waals surface area contributed by atoms with Gasteiger partial charge in [0.05, 0.1) is 11.4 Å². The van der Waals surface area contributed by atoms with Crippen molar-refractivity contribution in [2.45, 2.75) is 32.8 Å². The third-order valence-electron chi connectivity index (χ3n) is 2.37. The fourth-order valence-corrected chi connectivity index (χ4v) is 2.06. The highest BCUT2D eigenvalue weighted by molar-refractivity contribution is 9.10. The van der Waals surface area contributed by atoms with Crippen molar-refractivity contribution in [3.8, 4) is 0 Å². The van der Waals surface area contributed by atoms with Crippen LogP contribution in [0.2, 0.25) is 0 Å². The second-order valence-electron chi connectivity index (χ2n) is 5.41. The number of anilines is 2. The van der Waals surface area contributed by atoms with Gasteiger partial charge in [0.1, 0.15) is 5.60 Å². The Bertz CT molecular complexity index is 438. The molecule has 0 radical (unpaired) electrons. The van der Waals surface area contributed by atoms with Crippen LogP contribution >= 0.6 is 15.9 Å². The molecule has 1 aromatic rings. The van der Waals surface area contributed by atoms with E-state index in [0.29, 0.717) is 18.8 Å². The zero-order valence-electron chi connectivity index (χ0n) is 12.1. The predicted molar refractivity (Wildman–Crippen MR) is 85.9 cm³/mol. The lowest BCUT2D eigenvalue weighted by Gasteiger charge is -2.19. The van der Waals surface area contributed by atoms with Crippen molar-refractivity contribution >= 4 is 33.4 Å². The first kappa shape index (κ1) is 16.6. The number of carbonyl (C=O) groups is 1. The van der Waals surface area contributed by atoms with Gasteiger partial charge in [0.25, 0.3) is 0 Å². The molecule has 0 aliphatic heterocycles. The molecule has 1 aromatic carbocycles. The van der Waals surface area contributed by atoms with E-state index < -0.39 is 11.7 Å². The molecule has 0 spiro atoms. The Morgan fingerprint density at radius 2 is 2.05 bits per heavy atom. The highest BCUT2D eigenvalue weighted by Crippen LogP contribution is 2.27. The second-order valence-corrected chi connectivity index (χ2v) is 6.27. The Hall–Kier alpha value is -1.43. The Labute approximate surface area is 128 Å². The van der Waals surface area contributed by atoms with Gasteiger partial charge >= 0.3 is 6.09 Å². The number of para-hydroxylation sites is 1. The van der Waals surface area contributed by atoms with Gasteiger partial charge in [0.15, 0.2) is 0 Å². The van der Waals surface area contributed by atoms with E-state index in [0.717, 1.165) is 16.6 Å². The number of rotatable bonds is 5. The van der Waals surface area contributed by atoms with Gasteiger partial charge < -0.3 is 21.1 Å². The SMILES string of the molecule is CC(C)(C)OC(=O)NCCCNc1c(N)cccc1Br. The number of nitrogens with two attached hydrogens (primary N) is 1. The molecule has 0 aromatic heterocycles. The van der Waals surface area contributed by atoms with Crippen LogP contribution in [-0.4, -0.2) is 24.8 Å². The maximum Gasteiger partial charge on any atom is 0.407 e. The first-order chi connectivity index (χ1) is 9.29. The van der Waals surface area contributed by atoms with Gasteiger partial charge in [-0.15, -0.1) is 0 Å². The maximum atomic E-state index is 11.4. The average Bonchev–Trinajstić information content (AvgIpc) is 2.29. The highest BCUT2D eigenvalue weighted by atomic mass is 79.9. The number of nitrogens with one attached hydrogen (secondary N) is 2. The van der Waals surface area contributed by atoms with E-state index in [4.69, 9.17) is 10.5 Å². The van der Waals surface area contributed by atoms with Gasteiger partial charge in [-0.1, -0.05) is 6.07 Å². The van der Waals surface area contributed by atoms with Crippen LogP contribution in [0.1, 0.15) is 27.2 Å². The first-order valence-corrected chi connectivity index (χ1v) is 7.33. The molecule has 112 valence electrons. The number of halogens is 1. The fourth-order valence-electron chi connectivity index (χ4n) is 1.53. The number of ether oxygens (including phenoxy) is 1. The Kier molecular flexibility index (Phi) is 6.13. The molecule has 0 saturated heterocycles. The molecule has 4 N–H and O–H groups in total. The third kappa shape index (κ3) is 6.14. The number of benzene rings is 1. The van der Waals surface area contributed by atoms with Crippen LogP contribution in [0, 0.1) is 0 Å². The molecule has 6 heteroatoms. The van der Waals surface area contributed by atoms with E-state index in [-0.39, 0.29) is 0 Å². The smallest absolute Gasteiger partial charge is 0.407 e. The minimum absolute atomic E-state index is 0.391. The lowest BCUT2D eigenvalue weighted by Crippen LogP contribution is -2.33. The van der Waals surface area contributed by atoms with Crippen molar-refractivity contribution in [1.29, 1.82) is 0 Å². The third-order valence-corrected chi connectivity index (χ3v) is 3.03. The van der Waals surface area contributed by atoms with Gasteiger partial charge in [-0.05, 0) is 55.3 Å². The summed E-state index contributed by atoms with van der Waals surface area (Å²) < 4.78 is 6.07. The van der Waals surface area contributed by atoms with Gasteiger partial charge in [0.2, 0.25) is 0 Å². The highest BCUT2D eigenvalue weighted by Gasteiger charge is 2.15. The summed E-state index contributed by atoms with van der Waals surface area (Å²) >= 11 is 3.44. The summed E-state index contributed by atoms with van der Waals surface area (Å²) in [6.45, 7) is 6.77. The lowest BCUT2D eigenvalue weighted by atomic mass is 10.2. The zero-order valence-corrected chi connectivity index (χ0v) is 13.7. The molecule has 0 aliphatic carbocycles. The Morgan fingerprint density at radius 3 is 2.65 bits per heavy atom. The lowest BCUT2D eigenvalue weighted by molar-refractivity contribution is 0.0528. The molecule has 0 fully saturated rings. The normalized spacial score (nSPS) is 11.0. The monoisotopic (exact) mass is 343 g/mol. The van der Waals surface area contributed by atoms with Crippen molar-refractivity contribution in [1.82, 2.24) is 5.32 Å². The molecule has 0 atom stereocenters. The van der Waals surface area contributed by atoms with Crippen molar-refractivity contribution in [3.63, 3.8) is 0 Å². The van der Waals surface area contributed by atoms with Crippen LogP contribution in [0.25, 0.3) is 0 Å². The molecule has 0 unspecified atom stereocenters. The van der Waals surface area contributed by atoms with Crippen molar-refractivity contribution in [2.24, 2.45) is 0 Å². The molecule has 0 bridgehead atoms. The topological polar surface area (TPSA) is 76.4 Å². The van der Waals surface area contributed by atoms with Crippen LogP contribution in [0.4, 0.5) is 16.2 Å². The summed E-state index contributed by atoms with van der Waals surface area (Å²) in [4.78, 5) is 11.4.